The molecule has 0 aromatic heterocycles. The van der Waals surface area contributed by atoms with Crippen LogP contribution < -0.4 is 15.5 Å². The van der Waals surface area contributed by atoms with E-state index in [1.54, 1.807) is 25.2 Å². The first-order valence-corrected chi connectivity index (χ1v) is 13.6. The van der Waals surface area contributed by atoms with Gasteiger partial charge in [-0.25, -0.2) is 9.18 Å². The van der Waals surface area contributed by atoms with Crippen molar-refractivity contribution in [2.24, 2.45) is 0 Å². The molecule has 3 aromatic rings. The topological polar surface area (TPSA) is 67.8 Å². The molecule has 0 aliphatic carbocycles. The number of nitrogens with one attached hydrogen (secondary N) is 2. The van der Waals surface area contributed by atoms with Crippen molar-refractivity contribution in [3.8, 4) is 5.75 Å². The highest BCUT2D eigenvalue weighted by Crippen LogP contribution is 2.19. The average Bonchev–Trinajstić information content (AvgIpc) is 2.96. The van der Waals surface area contributed by atoms with Gasteiger partial charge in [-0.15, -0.1) is 0 Å². The molecule has 0 radical (unpaired) electrons. The molecule has 1 fully saturated rings. The summed E-state index contributed by atoms with van der Waals surface area (Å²) in [6.45, 7) is 12.8. The number of nitrogens with zero attached hydrogens (tertiary/aromatic N) is 2. The number of halogens is 2. The number of phenolic OH excluding ortho intramolecular Hbond substituents is 1. The largest absolute Gasteiger partial charge is 0.508 e. The lowest BCUT2D eigenvalue weighted by Crippen LogP contribution is -2.43. The van der Waals surface area contributed by atoms with Crippen LogP contribution in [0.5, 0.6) is 5.75 Å². The Labute approximate surface area is 232 Å². The van der Waals surface area contributed by atoms with Crippen molar-refractivity contribution in [1.29, 1.82) is 0 Å². The number of urea groups is 1. The second-order valence-corrected chi connectivity index (χ2v) is 8.43. The van der Waals surface area contributed by atoms with E-state index in [1.165, 1.54) is 34.9 Å². The van der Waals surface area contributed by atoms with Crippen molar-refractivity contribution >= 4 is 29.0 Å². The van der Waals surface area contributed by atoms with Gasteiger partial charge >= 0.3 is 6.03 Å². The minimum absolute atomic E-state index is 0.214. The number of likely N-dealkylation sites (N-methyl/N-ethyl adjacent to an activating group) is 1. The van der Waals surface area contributed by atoms with E-state index >= 15 is 0 Å². The molecule has 1 aliphatic heterocycles. The summed E-state index contributed by atoms with van der Waals surface area (Å²) >= 11 is 5.92. The summed E-state index contributed by atoms with van der Waals surface area (Å²) in [5.41, 5.74) is 2.73. The highest BCUT2D eigenvalue weighted by molar-refractivity contribution is 6.30. The van der Waals surface area contributed by atoms with Crippen LogP contribution in [0.25, 0.3) is 0 Å². The van der Waals surface area contributed by atoms with Gasteiger partial charge in [0.2, 0.25) is 0 Å². The highest BCUT2D eigenvalue weighted by atomic mass is 35.5. The standard InChI is InChI=1S/C16H17FN2O2.C10H13ClN2.2C2H6/c1-19(10-9-12-3-2-4-15(20)11-12)16(21)18-14-7-5-13(17)6-8-14;11-9-2-1-3-10(8-9)13-6-4-12-5-7-13;2*1-2/h2-8,11,20H,9-10H2,1H3,(H,18,21);1-3,8,12H,4-7H2;2*1-2H3. The number of hydrogen-bond acceptors (Lipinski definition) is 4. The number of hydrogen-bond donors (Lipinski definition) is 3. The van der Waals surface area contributed by atoms with E-state index in [2.05, 4.69) is 21.6 Å². The second-order valence-electron chi connectivity index (χ2n) is 8.00. The maximum atomic E-state index is 12.8. The summed E-state index contributed by atoms with van der Waals surface area (Å²) in [6.07, 6.45) is 0.641. The summed E-state index contributed by atoms with van der Waals surface area (Å²) < 4.78 is 12.8. The number of phenols is 1. The quantitative estimate of drug-likeness (QED) is 0.322. The van der Waals surface area contributed by atoms with Crippen LogP contribution in [0.2, 0.25) is 5.02 Å². The molecule has 0 bridgehead atoms. The van der Waals surface area contributed by atoms with Crippen LogP contribution >= 0.6 is 11.6 Å². The molecule has 0 atom stereocenters. The monoisotopic (exact) mass is 544 g/mol. The van der Waals surface area contributed by atoms with Gasteiger partial charge < -0.3 is 25.5 Å². The number of piperazine rings is 1. The molecule has 0 spiro atoms. The van der Waals surface area contributed by atoms with Crippen molar-refractivity contribution in [3.05, 3.63) is 89.2 Å². The van der Waals surface area contributed by atoms with Crippen molar-refractivity contribution in [3.63, 3.8) is 0 Å². The molecule has 208 valence electrons. The Kier molecular flexibility index (Phi) is 16.3. The van der Waals surface area contributed by atoms with Crippen LogP contribution in [0.3, 0.4) is 0 Å². The summed E-state index contributed by atoms with van der Waals surface area (Å²) in [5, 5.41) is 16.2. The molecule has 38 heavy (non-hydrogen) atoms. The van der Waals surface area contributed by atoms with Gasteiger partial charge in [0.05, 0.1) is 0 Å². The van der Waals surface area contributed by atoms with E-state index in [0.29, 0.717) is 18.7 Å². The van der Waals surface area contributed by atoms with Crippen LogP contribution in [0.4, 0.5) is 20.6 Å². The van der Waals surface area contributed by atoms with Crippen molar-refractivity contribution in [2.75, 3.05) is 50.0 Å². The molecule has 8 heteroatoms. The number of benzene rings is 3. The molecule has 0 unspecified atom stereocenters. The lowest BCUT2D eigenvalue weighted by Gasteiger charge is -2.29. The molecule has 4 rings (SSSR count). The van der Waals surface area contributed by atoms with E-state index in [9.17, 15) is 14.3 Å². The first-order valence-electron chi connectivity index (χ1n) is 13.2. The number of rotatable bonds is 5. The molecule has 1 heterocycles. The normalized spacial score (nSPS) is 11.9. The van der Waals surface area contributed by atoms with Gasteiger partial charge in [-0.3, -0.25) is 0 Å². The van der Waals surface area contributed by atoms with Crippen molar-refractivity contribution in [1.82, 2.24) is 10.2 Å². The second kappa shape index (κ2) is 18.9. The molecule has 3 aromatic carbocycles. The minimum atomic E-state index is -0.342. The summed E-state index contributed by atoms with van der Waals surface area (Å²) in [5.74, 6) is -0.129. The average molecular weight is 545 g/mol. The molecule has 1 aliphatic rings. The van der Waals surface area contributed by atoms with Gasteiger partial charge in [-0.05, 0) is 66.6 Å². The predicted molar refractivity (Wildman–Crippen MR) is 159 cm³/mol. The van der Waals surface area contributed by atoms with Gasteiger partial charge in [0.1, 0.15) is 11.6 Å². The fourth-order valence-electron chi connectivity index (χ4n) is 3.46. The van der Waals surface area contributed by atoms with Gasteiger partial charge in [0.25, 0.3) is 0 Å². The third-order valence-corrected chi connectivity index (χ3v) is 5.61. The molecule has 0 saturated carbocycles. The van der Waals surface area contributed by atoms with Crippen LogP contribution in [0.15, 0.2) is 72.8 Å². The fraction of sp³-hybridized carbons (Fsp3) is 0.367. The van der Waals surface area contributed by atoms with Gasteiger partial charge in [0.15, 0.2) is 0 Å². The Morgan fingerprint density at radius 1 is 1.00 bits per heavy atom. The predicted octanol–water partition coefficient (Wildman–Crippen LogP) is 7.04. The maximum absolute atomic E-state index is 12.8. The smallest absolute Gasteiger partial charge is 0.321 e. The first kappa shape index (κ1) is 32.7. The molecular weight excluding hydrogens is 503 g/mol. The molecule has 1 saturated heterocycles. The fourth-order valence-corrected chi connectivity index (χ4v) is 3.64. The number of carbonyl (C=O) groups excluding carboxylic acids is 1. The highest BCUT2D eigenvalue weighted by Gasteiger charge is 2.10. The molecule has 2 amide bonds. The summed E-state index contributed by atoms with van der Waals surface area (Å²) in [7, 11) is 1.68. The maximum Gasteiger partial charge on any atom is 0.321 e. The van der Waals surface area contributed by atoms with Crippen LogP contribution in [-0.4, -0.2) is 55.8 Å². The van der Waals surface area contributed by atoms with E-state index in [-0.39, 0.29) is 17.6 Å². The van der Waals surface area contributed by atoms with Gasteiger partial charge in [0, 0.05) is 56.2 Å². The van der Waals surface area contributed by atoms with Crippen molar-refractivity contribution in [2.45, 2.75) is 34.1 Å². The number of amides is 2. The molecular formula is C30H42ClFN4O2. The molecule has 3 N–H and O–H groups in total. The lowest BCUT2D eigenvalue weighted by molar-refractivity contribution is 0.223. The zero-order chi connectivity index (χ0) is 28.3. The van der Waals surface area contributed by atoms with Crippen LogP contribution in [-0.2, 0) is 6.42 Å². The van der Waals surface area contributed by atoms with Gasteiger partial charge in [-0.1, -0.05) is 57.5 Å². The van der Waals surface area contributed by atoms with E-state index in [4.69, 9.17) is 11.6 Å². The SMILES string of the molecule is CC.CC.CN(CCc1cccc(O)c1)C(=O)Nc1ccc(F)cc1.Clc1cccc(N2CCNCC2)c1. The number of anilines is 2. The van der Waals surface area contributed by atoms with Gasteiger partial charge in [-0.2, -0.15) is 0 Å². The molecule has 6 nitrogen and oxygen atoms in total. The third kappa shape index (κ3) is 12.3. The zero-order valence-electron chi connectivity index (χ0n) is 23.2. The van der Waals surface area contributed by atoms with Crippen LogP contribution in [0, 0.1) is 5.82 Å². The first-order chi connectivity index (χ1) is 18.4. The Hall–Kier alpha value is -3.29. The zero-order valence-corrected chi connectivity index (χ0v) is 23.9. The van der Waals surface area contributed by atoms with Crippen molar-refractivity contribution < 1.29 is 14.3 Å². The third-order valence-electron chi connectivity index (χ3n) is 5.38. The number of carbonyl (C=O) groups is 1. The van der Waals surface area contributed by atoms with E-state index in [0.717, 1.165) is 36.8 Å². The Morgan fingerprint density at radius 3 is 2.24 bits per heavy atom. The van der Waals surface area contributed by atoms with Crippen LogP contribution in [0.1, 0.15) is 33.3 Å². The Bertz CT molecular complexity index is 1060. The Balaban J connectivity index is 0.000000363. The minimum Gasteiger partial charge on any atom is -0.508 e. The summed E-state index contributed by atoms with van der Waals surface area (Å²) in [4.78, 5) is 15.8. The van der Waals surface area contributed by atoms with E-state index in [1.807, 2.05) is 52.0 Å². The lowest BCUT2D eigenvalue weighted by atomic mass is 10.1. The Morgan fingerprint density at radius 2 is 1.63 bits per heavy atom. The summed E-state index contributed by atoms with van der Waals surface area (Å²) in [6, 6.07) is 20.3. The van der Waals surface area contributed by atoms with E-state index < -0.39 is 0 Å². The number of aromatic hydroxyl groups is 1.